The second-order valence-corrected chi connectivity index (χ2v) is 6.69. The maximum Gasteiger partial charge on any atom is 0.341 e. The first-order chi connectivity index (χ1) is 11.1. The van der Waals surface area contributed by atoms with Crippen molar-refractivity contribution in [2.75, 3.05) is 17.7 Å². The van der Waals surface area contributed by atoms with Crippen LogP contribution in [0.25, 0.3) is 0 Å². The minimum atomic E-state index is -0.334. The standard InChI is InChI=1S/C16H16N2O3S2/c1-21-15(20)13-11-3-2-4-12(11)23-14(13)18-16(22)17-9-5-7-10(19)8-6-9/h5-8,19H,2-4H2,1H3,(H2,17,18,22). The molecule has 3 rings (SSSR count). The molecule has 7 heteroatoms. The van der Waals surface area contributed by atoms with Crippen molar-refractivity contribution in [1.82, 2.24) is 0 Å². The van der Waals surface area contributed by atoms with Crippen LogP contribution < -0.4 is 10.6 Å². The molecule has 1 aliphatic carbocycles. The van der Waals surface area contributed by atoms with E-state index in [1.807, 2.05) is 0 Å². The van der Waals surface area contributed by atoms with Crippen LogP contribution in [0.3, 0.4) is 0 Å². The van der Waals surface area contributed by atoms with Gasteiger partial charge in [0, 0.05) is 10.6 Å². The van der Waals surface area contributed by atoms with Crippen LogP contribution in [0.1, 0.15) is 27.2 Å². The Kier molecular flexibility index (Phi) is 4.49. The average Bonchev–Trinajstić information content (AvgIpc) is 3.09. The lowest BCUT2D eigenvalue weighted by Gasteiger charge is -2.11. The van der Waals surface area contributed by atoms with Crippen LogP contribution in [0.4, 0.5) is 10.7 Å². The van der Waals surface area contributed by atoms with Gasteiger partial charge in [-0.05, 0) is 61.3 Å². The average molecular weight is 348 g/mol. The fraction of sp³-hybridized carbons (Fsp3) is 0.250. The van der Waals surface area contributed by atoms with Crippen molar-refractivity contribution in [3.8, 4) is 5.75 Å². The Morgan fingerprint density at radius 2 is 2.00 bits per heavy atom. The number of esters is 1. The van der Waals surface area contributed by atoms with Crippen molar-refractivity contribution < 1.29 is 14.6 Å². The Morgan fingerprint density at radius 3 is 2.70 bits per heavy atom. The molecule has 0 unspecified atom stereocenters. The quantitative estimate of drug-likeness (QED) is 0.448. The Labute approximate surface area is 143 Å². The van der Waals surface area contributed by atoms with E-state index < -0.39 is 0 Å². The number of carbonyl (C=O) groups excluding carboxylic acids is 1. The number of fused-ring (bicyclic) bond motifs is 1. The molecule has 0 radical (unpaired) electrons. The highest BCUT2D eigenvalue weighted by molar-refractivity contribution is 7.80. The molecule has 2 aromatic rings. The summed E-state index contributed by atoms with van der Waals surface area (Å²) in [5.74, 6) is -0.142. The molecule has 0 spiro atoms. The summed E-state index contributed by atoms with van der Waals surface area (Å²) in [5, 5.41) is 16.5. The maximum atomic E-state index is 12.1. The normalized spacial score (nSPS) is 12.6. The number of aromatic hydroxyl groups is 1. The van der Waals surface area contributed by atoms with Crippen LogP contribution in [0, 0.1) is 0 Å². The third-order valence-electron chi connectivity index (χ3n) is 3.66. The third kappa shape index (κ3) is 3.30. The number of aryl methyl sites for hydroxylation is 1. The van der Waals surface area contributed by atoms with Crippen LogP contribution in [-0.2, 0) is 17.6 Å². The summed E-state index contributed by atoms with van der Waals surface area (Å²) in [6, 6.07) is 6.59. The van der Waals surface area contributed by atoms with Gasteiger partial charge in [-0.25, -0.2) is 4.79 Å². The molecule has 0 saturated heterocycles. The Morgan fingerprint density at radius 1 is 1.26 bits per heavy atom. The van der Waals surface area contributed by atoms with E-state index in [1.54, 1.807) is 35.6 Å². The lowest BCUT2D eigenvalue weighted by atomic mass is 10.1. The number of benzene rings is 1. The number of ether oxygens (including phenoxy) is 1. The molecule has 23 heavy (non-hydrogen) atoms. The number of thiocarbonyl (C=S) groups is 1. The Hall–Kier alpha value is -2.12. The van der Waals surface area contributed by atoms with Crippen molar-refractivity contribution in [2.45, 2.75) is 19.3 Å². The fourth-order valence-corrected chi connectivity index (χ4v) is 4.19. The maximum absolute atomic E-state index is 12.1. The van der Waals surface area contributed by atoms with E-state index in [2.05, 4.69) is 10.6 Å². The summed E-state index contributed by atoms with van der Waals surface area (Å²) in [6.45, 7) is 0. The van der Waals surface area contributed by atoms with Gasteiger partial charge in [0.05, 0.1) is 12.7 Å². The molecule has 120 valence electrons. The van der Waals surface area contributed by atoms with Crippen LogP contribution in [0.2, 0.25) is 0 Å². The van der Waals surface area contributed by atoms with Gasteiger partial charge in [-0.2, -0.15) is 0 Å². The van der Waals surface area contributed by atoms with Crippen molar-refractivity contribution in [3.63, 3.8) is 0 Å². The lowest BCUT2D eigenvalue weighted by Crippen LogP contribution is -2.20. The van der Waals surface area contributed by atoms with Gasteiger partial charge in [-0.1, -0.05) is 0 Å². The van der Waals surface area contributed by atoms with Gasteiger partial charge < -0.3 is 20.5 Å². The first-order valence-corrected chi connectivity index (χ1v) is 8.41. The summed E-state index contributed by atoms with van der Waals surface area (Å²) in [5.41, 5.74) is 2.43. The summed E-state index contributed by atoms with van der Waals surface area (Å²) in [6.07, 6.45) is 2.96. The van der Waals surface area contributed by atoms with Gasteiger partial charge in [0.25, 0.3) is 0 Å². The molecular formula is C16H16N2O3S2. The molecule has 1 heterocycles. The first-order valence-electron chi connectivity index (χ1n) is 7.18. The van der Waals surface area contributed by atoms with E-state index in [0.717, 1.165) is 35.5 Å². The summed E-state index contributed by atoms with van der Waals surface area (Å²) in [4.78, 5) is 13.3. The molecule has 0 bridgehead atoms. The highest BCUT2D eigenvalue weighted by atomic mass is 32.1. The number of phenolic OH excluding ortho intramolecular Hbond substituents is 1. The van der Waals surface area contributed by atoms with E-state index in [1.165, 1.54) is 12.0 Å². The van der Waals surface area contributed by atoms with Crippen molar-refractivity contribution in [3.05, 3.63) is 40.3 Å². The number of methoxy groups -OCH3 is 1. The highest BCUT2D eigenvalue weighted by Gasteiger charge is 2.27. The molecule has 0 atom stereocenters. The van der Waals surface area contributed by atoms with Gasteiger partial charge >= 0.3 is 5.97 Å². The van der Waals surface area contributed by atoms with E-state index in [0.29, 0.717) is 10.7 Å². The molecule has 0 aliphatic heterocycles. The minimum Gasteiger partial charge on any atom is -0.508 e. The summed E-state index contributed by atoms with van der Waals surface area (Å²) < 4.78 is 4.91. The number of carbonyl (C=O) groups is 1. The van der Waals surface area contributed by atoms with Crippen molar-refractivity contribution >= 4 is 45.3 Å². The fourth-order valence-electron chi connectivity index (χ4n) is 2.62. The molecular weight excluding hydrogens is 332 g/mol. The number of hydrogen-bond acceptors (Lipinski definition) is 5. The number of anilines is 2. The minimum absolute atomic E-state index is 0.192. The summed E-state index contributed by atoms with van der Waals surface area (Å²) >= 11 is 6.86. The Balaban J connectivity index is 1.78. The second kappa shape index (κ2) is 6.55. The van der Waals surface area contributed by atoms with Crippen LogP contribution in [0.5, 0.6) is 5.75 Å². The number of phenols is 1. The molecule has 1 aromatic heterocycles. The van der Waals surface area contributed by atoms with Crippen LogP contribution in [-0.4, -0.2) is 23.3 Å². The van der Waals surface area contributed by atoms with E-state index in [4.69, 9.17) is 17.0 Å². The number of nitrogens with one attached hydrogen (secondary N) is 2. The highest BCUT2D eigenvalue weighted by Crippen LogP contribution is 2.39. The Bertz CT molecular complexity index is 753. The van der Waals surface area contributed by atoms with Crippen molar-refractivity contribution in [1.29, 1.82) is 0 Å². The third-order valence-corrected chi connectivity index (χ3v) is 5.07. The largest absolute Gasteiger partial charge is 0.508 e. The zero-order valence-corrected chi connectivity index (χ0v) is 14.1. The van der Waals surface area contributed by atoms with Gasteiger partial charge in [-0.15, -0.1) is 11.3 Å². The van der Waals surface area contributed by atoms with Gasteiger partial charge in [0.2, 0.25) is 0 Å². The monoisotopic (exact) mass is 348 g/mol. The molecule has 0 amide bonds. The first kappa shape index (κ1) is 15.8. The van der Waals surface area contributed by atoms with E-state index in [9.17, 15) is 9.90 Å². The number of hydrogen-bond donors (Lipinski definition) is 3. The van der Waals surface area contributed by atoms with E-state index >= 15 is 0 Å². The van der Waals surface area contributed by atoms with Gasteiger partial charge in [-0.3, -0.25) is 0 Å². The smallest absolute Gasteiger partial charge is 0.341 e. The molecule has 0 fully saturated rings. The van der Waals surface area contributed by atoms with Gasteiger partial charge in [0.15, 0.2) is 5.11 Å². The SMILES string of the molecule is COC(=O)c1c(NC(=S)Nc2ccc(O)cc2)sc2c1CCC2. The molecule has 1 aromatic carbocycles. The predicted octanol–water partition coefficient (Wildman–Crippen LogP) is 3.54. The molecule has 0 saturated carbocycles. The van der Waals surface area contributed by atoms with Crippen LogP contribution >= 0.6 is 23.6 Å². The topological polar surface area (TPSA) is 70.6 Å². The number of thiophene rings is 1. The molecule has 5 nitrogen and oxygen atoms in total. The molecule has 3 N–H and O–H groups in total. The lowest BCUT2D eigenvalue weighted by molar-refractivity contribution is 0.0601. The zero-order chi connectivity index (χ0) is 16.4. The van der Waals surface area contributed by atoms with Crippen LogP contribution in [0.15, 0.2) is 24.3 Å². The zero-order valence-electron chi connectivity index (χ0n) is 12.5. The van der Waals surface area contributed by atoms with Crippen molar-refractivity contribution in [2.24, 2.45) is 0 Å². The second-order valence-electron chi connectivity index (χ2n) is 5.18. The van der Waals surface area contributed by atoms with Gasteiger partial charge in [0.1, 0.15) is 10.8 Å². The molecule has 1 aliphatic rings. The van der Waals surface area contributed by atoms with E-state index in [-0.39, 0.29) is 11.7 Å². The predicted molar refractivity (Wildman–Crippen MR) is 95.6 cm³/mol. The summed E-state index contributed by atoms with van der Waals surface area (Å²) in [7, 11) is 1.39. The number of rotatable bonds is 3.